The van der Waals surface area contributed by atoms with E-state index in [-0.39, 0.29) is 45.6 Å². The number of nitrogens with zero attached hydrogens (tertiary/aromatic N) is 1. The van der Waals surface area contributed by atoms with Crippen LogP contribution in [0.5, 0.6) is 5.75 Å². The Bertz CT molecular complexity index is 1660. The highest BCUT2D eigenvalue weighted by Crippen LogP contribution is 2.45. The van der Waals surface area contributed by atoms with E-state index in [0.717, 1.165) is 12.3 Å². The Morgan fingerprint density at radius 1 is 1.21 bits per heavy atom. The quantitative estimate of drug-likeness (QED) is 0.451. The molecule has 0 unspecified atom stereocenters. The molecular weight excluding hydrogens is 573 g/mol. The lowest BCUT2D eigenvalue weighted by Gasteiger charge is -2.35. The molecule has 39 heavy (non-hydrogen) atoms. The minimum Gasteiger partial charge on any atom is -0.509 e. The number of sulfone groups is 1. The zero-order valence-corrected chi connectivity index (χ0v) is 24.1. The maximum absolute atomic E-state index is 14.0. The highest BCUT2D eigenvalue weighted by atomic mass is 35.5. The second-order valence-corrected chi connectivity index (χ2v) is 14.5. The molecule has 210 valence electrons. The Labute approximate surface area is 231 Å². The molecule has 0 spiro atoms. The largest absolute Gasteiger partial charge is 0.509 e. The van der Waals surface area contributed by atoms with Gasteiger partial charge in [-0.3, -0.25) is 9.52 Å². The molecule has 0 saturated carbocycles. The highest BCUT2D eigenvalue weighted by Gasteiger charge is 2.48. The van der Waals surface area contributed by atoms with Gasteiger partial charge in [-0.25, -0.2) is 21.2 Å². The fraction of sp³-hybridized carbons (Fsp3) is 0.320. The summed E-state index contributed by atoms with van der Waals surface area (Å²) in [7, 11) is -6.77. The third kappa shape index (κ3) is 5.30. The number of methoxy groups -OCH3 is 1. The number of carbonyl (C=O) groups is 1. The van der Waals surface area contributed by atoms with E-state index >= 15 is 0 Å². The summed E-state index contributed by atoms with van der Waals surface area (Å²) in [6, 6.07) is 7.02. The SMILES string of the molecule is COc1cc(CN2C(=O)C(C3=C(Cl)S(=O)(=O)c4cc(NS(C)(=O)=O)ccc4N3)=C(O)[C@@H]2C(C)(C)C)ccc1F. The van der Waals surface area contributed by atoms with Crippen molar-refractivity contribution < 1.29 is 35.9 Å². The van der Waals surface area contributed by atoms with Crippen LogP contribution in [0.25, 0.3) is 0 Å². The molecule has 0 aliphatic carbocycles. The number of fused-ring (bicyclic) bond motifs is 1. The Hall–Kier alpha value is -3.29. The number of anilines is 2. The Morgan fingerprint density at radius 3 is 2.46 bits per heavy atom. The highest BCUT2D eigenvalue weighted by molar-refractivity contribution is 7.97. The average molecular weight is 600 g/mol. The number of aliphatic hydroxyl groups is 1. The molecule has 10 nitrogen and oxygen atoms in total. The molecule has 14 heteroatoms. The van der Waals surface area contributed by atoms with Gasteiger partial charge in [0.25, 0.3) is 5.91 Å². The molecule has 0 bridgehead atoms. The lowest BCUT2D eigenvalue weighted by atomic mass is 9.85. The third-order valence-corrected chi connectivity index (χ3v) is 9.20. The summed E-state index contributed by atoms with van der Waals surface area (Å²) in [5, 5.41) is 14.2. The van der Waals surface area contributed by atoms with Gasteiger partial charge < -0.3 is 20.1 Å². The molecule has 2 aromatic carbocycles. The minimum absolute atomic E-state index is 0.00208. The third-order valence-electron chi connectivity index (χ3n) is 6.21. The first-order valence-electron chi connectivity index (χ1n) is 11.6. The minimum atomic E-state index is -4.40. The first kappa shape index (κ1) is 28.7. The summed E-state index contributed by atoms with van der Waals surface area (Å²) < 4.78 is 70.4. The Kier molecular flexibility index (Phi) is 7.15. The van der Waals surface area contributed by atoms with Crippen molar-refractivity contribution in [3.8, 4) is 5.75 Å². The van der Waals surface area contributed by atoms with Gasteiger partial charge >= 0.3 is 0 Å². The fourth-order valence-corrected chi connectivity index (χ4v) is 6.88. The predicted octanol–water partition coefficient (Wildman–Crippen LogP) is 4.08. The number of rotatable bonds is 6. The number of sulfonamides is 1. The zero-order chi connectivity index (χ0) is 29.1. The monoisotopic (exact) mass is 599 g/mol. The summed E-state index contributed by atoms with van der Waals surface area (Å²) in [5.74, 6) is -1.66. The molecule has 1 amide bonds. The van der Waals surface area contributed by atoms with Crippen LogP contribution < -0.4 is 14.8 Å². The molecule has 1 atom stereocenters. The number of ether oxygens (including phenoxy) is 1. The topological polar surface area (TPSA) is 142 Å². The smallest absolute Gasteiger partial charge is 0.260 e. The van der Waals surface area contributed by atoms with Gasteiger partial charge in [0.15, 0.2) is 15.9 Å². The summed E-state index contributed by atoms with van der Waals surface area (Å²) in [5.41, 5.74) is -0.759. The number of benzene rings is 2. The van der Waals surface area contributed by atoms with E-state index < -0.39 is 47.4 Å². The molecular formula is C25H27ClFN3O7S2. The second kappa shape index (κ2) is 9.72. The van der Waals surface area contributed by atoms with Crippen LogP contribution in [0.1, 0.15) is 26.3 Å². The molecule has 0 fully saturated rings. The van der Waals surface area contributed by atoms with E-state index in [1.54, 1.807) is 20.8 Å². The van der Waals surface area contributed by atoms with Crippen LogP contribution in [0.15, 0.2) is 62.7 Å². The number of nitrogens with one attached hydrogen (secondary N) is 2. The van der Waals surface area contributed by atoms with Gasteiger partial charge in [-0.15, -0.1) is 0 Å². The standard InChI is InChI=1S/C25H27ClFN3O7S2/c1-25(2,3)22-21(31)19(24(32)30(22)12-13-6-8-15(27)17(10-13)37-4)20-23(26)39(35,36)18-11-14(29-38(5,33)34)7-9-16(18)28-20/h6-11,22,28-29,31H,12H2,1-5H3/t22-/m1/s1. The number of halogens is 2. The number of hydrogen-bond acceptors (Lipinski definition) is 8. The van der Waals surface area contributed by atoms with Crippen LogP contribution >= 0.6 is 11.6 Å². The van der Waals surface area contributed by atoms with E-state index in [2.05, 4.69) is 10.0 Å². The van der Waals surface area contributed by atoms with Crippen LogP contribution in [0.4, 0.5) is 15.8 Å². The van der Waals surface area contributed by atoms with Gasteiger partial charge in [0.1, 0.15) is 11.3 Å². The Morgan fingerprint density at radius 2 is 1.87 bits per heavy atom. The van der Waals surface area contributed by atoms with Crippen molar-refractivity contribution in [1.29, 1.82) is 0 Å². The average Bonchev–Trinajstić information content (AvgIpc) is 3.06. The number of amides is 1. The zero-order valence-electron chi connectivity index (χ0n) is 21.7. The van der Waals surface area contributed by atoms with Crippen molar-refractivity contribution in [2.45, 2.75) is 38.3 Å². The molecule has 2 aromatic rings. The first-order valence-corrected chi connectivity index (χ1v) is 15.3. The predicted molar refractivity (Wildman–Crippen MR) is 145 cm³/mol. The number of hydrogen-bond donors (Lipinski definition) is 3. The van der Waals surface area contributed by atoms with Crippen LogP contribution in [-0.2, 0) is 31.2 Å². The second-order valence-electron chi connectivity index (χ2n) is 10.3. The summed E-state index contributed by atoms with van der Waals surface area (Å²) in [6.45, 7) is 5.36. The van der Waals surface area contributed by atoms with Gasteiger partial charge in [0.2, 0.25) is 19.9 Å². The molecule has 2 aliphatic heterocycles. The van der Waals surface area contributed by atoms with Gasteiger partial charge in [-0.05, 0) is 41.3 Å². The first-order chi connectivity index (χ1) is 18.0. The van der Waals surface area contributed by atoms with E-state index in [0.29, 0.717) is 5.56 Å². The van der Waals surface area contributed by atoms with Gasteiger partial charge in [-0.1, -0.05) is 38.4 Å². The van der Waals surface area contributed by atoms with Crippen LogP contribution in [0.3, 0.4) is 0 Å². The van der Waals surface area contributed by atoms with Gasteiger partial charge in [-0.2, -0.15) is 0 Å². The van der Waals surface area contributed by atoms with Crippen LogP contribution in [-0.4, -0.2) is 52.2 Å². The fourth-order valence-electron chi connectivity index (χ4n) is 4.63. The number of carbonyl (C=O) groups excluding carboxylic acids is 1. The lowest BCUT2D eigenvalue weighted by Crippen LogP contribution is -2.43. The molecule has 0 radical (unpaired) electrons. The molecule has 2 heterocycles. The Balaban J connectivity index is 1.79. The van der Waals surface area contributed by atoms with Crippen molar-refractivity contribution in [2.75, 3.05) is 23.4 Å². The van der Waals surface area contributed by atoms with Gasteiger partial charge in [0.05, 0.1) is 35.7 Å². The molecule has 3 N–H and O–H groups in total. The maximum atomic E-state index is 14.0. The lowest BCUT2D eigenvalue weighted by molar-refractivity contribution is -0.129. The molecule has 2 aliphatic rings. The van der Waals surface area contributed by atoms with Crippen molar-refractivity contribution in [2.24, 2.45) is 5.41 Å². The van der Waals surface area contributed by atoms with Crippen molar-refractivity contribution in [3.05, 3.63) is 69.2 Å². The van der Waals surface area contributed by atoms with Crippen molar-refractivity contribution in [3.63, 3.8) is 0 Å². The molecule has 0 saturated heterocycles. The van der Waals surface area contributed by atoms with Crippen LogP contribution in [0.2, 0.25) is 0 Å². The van der Waals surface area contributed by atoms with E-state index in [4.69, 9.17) is 16.3 Å². The van der Waals surface area contributed by atoms with E-state index in [9.17, 15) is 31.1 Å². The van der Waals surface area contributed by atoms with Crippen molar-refractivity contribution >= 4 is 48.7 Å². The number of aliphatic hydroxyl groups excluding tert-OH is 1. The molecule has 4 rings (SSSR count). The van der Waals surface area contributed by atoms with Gasteiger partial charge in [0, 0.05) is 12.2 Å². The maximum Gasteiger partial charge on any atom is 0.260 e. The van der Waals surface area contributed by atoms with Crippen molar-refractivity contribution in [1.82, 2.24) is 4.90 Å². The summed E-state index contributed by atoms with van der Waals surface area (Å²) in [6.07, 6.45) is 0.921. The normalized spacial score (nSPS) is 19.2. The van der Waals surface area contributed by atoms with Crippen LogP contribution in [0, 0.1) is 11.2 Å². The molecule has 0 aromatic heterocycles. The summed E-state index contributed by atoms with van der Waals surface area (Å²) in [4.78, 5) is 14.8. The van der Waals surface area contributed by atoms with E-state index in [1.165, 1.54) is 42.3 Å². The van der Waals surface area contributed by atoms with E-state index in [1.807, 2.05) is 0 Å². The summed E-state index contributed by atoms with van der Waals surface area (Å²) >= 11 is 6.34.